The van der Waals surface area contributed by atoms with Crippen molar-refractivity contribution in [2.45, 2.75) is 43.2 Å². The lowest BCUT2D eigenvalue weighted by Crippen LogP contribution is -2.43. The summed E-state index contributed by atoms with van der Waals surface area (Å²) in [4.78, 5) is 37.3. The smallest absolute Gasteiger partial charge is 0.256 e. The lowest BCUT2D eigenvalue weighted by molar-refractivity contribution is -0.126. The molecule has 170 valence electrons. The zero-order valence-electron chi connectivity index (χ0n) is 19.0. The molecule has 4 rings (SSSR count). The largest absolute Gasteiger partial charge is 0.352 e. The molecular weight excluding hydrogens is 432 g/mol. The van der Waals surface area contributed by atoms with Crippen LogP contribution in [0.4, 0.5) is 0 Å². The van der Waals surface area contributed by atoms with Crippen molar-refractivity contribution < 1.29 is 9.59 Å². The molecule has 7 heteroatoms. The molecule has 3 heterocycles. The number of likely N-dealkylation sites (tertiary alicyclic amines) is 1. The highest BCUT2D eigenvalue weighted by atomic mass is 32.2. The Hall–Kier alpha value is -3.19. The van der Waals surface area contributed by atoms with Gasteiger partial charge in [0, 0.05) is 49.0 Å². The van der Waals surface area contributed by atoms with Crippen LogP contribution in [0, 0.1) is 19.8 Å². The molecule has 1 fully saturated rings. The number of nitrogens with zero attached hydrogens (tertiary/aromatic N) is 3. The average Bonchev–Trinajstić information content (AvgIpc) is 2.85. The van der Waals surface area contributed by atoms with Gasteiger partial charge in [0.1, 0.15) is 5.03 Å². The van der Waals surface area contributed by atoms with Gasteiger partial charge in [0.05, 0.1) is 5.56 Å². The van der Waals surface area contributed by atoms with Gasteiger partial charge in [0.15, 0.2) is 0 Å². The molecule has 1 aliphatic rings. The number of amides is 2. The minimum Gasteiger partial charge on any atom is -0.352 e. The van der Waals surface area contributed by atoms with E-state index in [0.29, 0.717) is 43.1 Å². The molecule has 1 aromatic carbocycles. The van der Waals surface area contributed by atoms with Crippen LogP contribution in [0.3, 0.4) is 0 Å². The predicted octanol–water partition coefficient (Wildman–Crippen LogP) is 4.41. The van der Waals surface area contributed by atoms with Crippen LogP contribution in [0.5, 0.6) is 0 Å². The van der Waals surface area contributed by atoms with E-state index in [-0.39, 0.29) is 17.7 Å². The van der Waals surface area contributed by atoms with Gasteiger partial charge < -0.3 is 10.2 Å². The van der Waals surface area contributed by atoms with E-state index in [1.165, 1.54) is 22.9 Å². The molecule has 2 aromatic heterocycles. The minimum absolute atomic E-state index is 0.0244. The summed E-state index contributed by atoms with van der Waals surface area (Å²) in [7, 11) is 0. The van der Waals surface area contributed by atoms with Gasteiger partial charge in [-0.3, -0.25) is 14.6 Å². The summed E-state index contributed by atoms with van der Waals surface area (Å²) in [6, 6.07) is 13.7. The number of rotatable bonds is 6. The molecule has 2 amide bonds. The van der Waals surface area contributed by atoms with Gasteiger partial charge in [-0.2, -0.15) is 0 Å². The van der Waals surface area contributed by atoms with Crippen molar-refractivity contribution in [2.75, 3.05) is 13.1 Å². The van der Waals surface area contributed by atoms with E-state index >= 15 is 0 Å². The van der Waals surface area contributed by atoms with Crippen molar-refractivity contribution in [3.8, 4) is 0 Å². The van der Waals surface area contributed by atoms with E-state index in [1.54, 1.807) is 24.7 Å². The Morgan fingerprint density at radius 1 is 1.06 bits per heavy atom. The molecule has 3 aromatic rings. The molecule has 33 heavy (non-hydrogen) atoms. The molecular formula is C26H28N4O2S. The van der Waals surface area contributed by atoms with Crippen LogP contribution in [0.15, 0.2) is 71.0 Å². The molecule has 0 radical (unpaired) electrons. The van der Waals surface area contributed by atoms with E-state index in [1.807, 2.05) is 23.1 Å². The normalized spacial score (nSPS) is 14.2. The number of carbonyl (C=O) groups is 2. The number of pyridine rings is 2. The Labute approximate surface area is 198 Å². The Bertz CT molecular complexity index is 1130. The molecule has 0 saturated carbocycles. The zero-order chi connectivity index (χ0) is 23.2. The summed E-state index contributed by atoms with van der Waals surface area (Å²) in [5, 5.41) is 3.70. The maximum atomic E-state index is 13.3. The minimum atomic E-state index is -0.0796. The van der Waals surface area contributed by atoms with E-state index in [2.05, 4.69) is 47.3 Å². The fourth-order valence-corrected chi connectivity index (χ4v) is 4.85. The third-order valence-corrected chi connectivity index (χ3v) is 7.05. The summed E-state index contributed by atoms with van der Waals surface area (Å²) < 4.78 is 0. The average molecular weight is 461 g/mol. The Balaban J connectivity index is 1.36. The molecule has 0 bridgehead atoms. The van der Waals surface area contributed by atoms with Crippen LogP contribution < -0.4 is 5.32 Å². The first-order chi connectivity index (χ1) is 16.0. The maximum Gasteiger partial charge on any atom is 0.256 e. The number of piperidine rings is 1. The molecule has 0 spiro atoms. The second-order valence-corrected chi connectivity index (χ2v) is 9.41. The van der Waals surface area contributed by atoms with Crippen molar-refractivity contribution in [3.63, 3.8) is 0 Å². The fourth-order valence-electron chi connectivity index (χ4n) is 3.88. The number of hydrogen-bond acceptors (Lipinski definition) is 5. The van der Waals surface area contributed by atoms with Gasteiger partial charge in [0.25, 0.3) is 5.91 Å². The molecule has 1 N–H and O–H groups in total. The molecule has 6 nitrogen and oxygen atoms in total. The first kappa shape index (κ1) is 23.0. The van der Waals surface area contributed by atoms with Gasteiger partial charge in [-0.1, -0.05) is 23.9 Å². The summed E-state index contributed by atoms with van der Waals surface area (Å²) >= 11 is 1.51. The second kappa shape index (κ2) is 10.6. The quantitative estimate of drug-likeness (QED) is 0.590. The standard InChI is InChI=1S/C26H28N4O2S/c1-18-7-8-22(15-19(18)2)33-25-23(6-4-12-28-25)26(32)30-13-9-21(10-14-30)24(31)29-17-20-5-3-11-27-16-20/h3-8,11-12,15-16,21H,9-10,13-14,17H2,1-2H3,(H,29,31). The van der Waals surface area contributed by atoms with Gasteiger partial charge in [-0.05, 0) is 73.7 Å². The highest BCUT2D eigenvalue weighted by molar-refractivity contribution is 7.99. The van der Waals surface area contributed by atoms with E-state index in [9.17, 15) is 9.59 Å². The number of benzene rings is 1. The van der Waals surface area contributed by atoms with E-state index in [4.69, 9.17) is 0 Å². The van der Waals surface area contributed by atoms with Crippen molar-refractivity contribution in [1.29, 1.82) is 0 Å². The van der Waals surface area contributed by atoms with Crippen LogP contribution in [0.1, 0.15) is 39.9 Å². The van der Waals surface area contributed by atoms with Crippen molar-refractivity contribution in [2.24, 2.45) is 5.92 Å². The second-order valence-electron chi connectivity index (χ2n) is 8.35. The highest BCUT2D eigenvalue weighted by Crippen LogP contribution is 2.31. The SMILES string of the molecule is Cc1ccc(Sc2ncccc2C(=O)N2CCC(C(=O)NCc3cccnc3)CC2)cc1C. The summed E-state index contributed by atoms with van der Waals surface area (Å²) in [6.45, 7) is 5.77. The lowest BCUT2D eigenvalue weighted by Gasteiger charge is -2.31. The number of aryl methyl sites for hydroxylation is 2. The molecule has 1 saturated heterocycles. The van der Waals surface area contributed by atoms with E-state index < -0.39 is 0 Å². The van der Waals surface area contributed by atoms with Crippen molar-refractivity contribution in [3.05, 3.63) is 83.3 Å². The van der Waals surface area contributed by atoms with Crippen LogP contribution >= 0.6 is 11.8 Å². The molecule has 0 unspecified atom stereocenters. The van der Waals surface area contributed by atoms with Crippen LogP contribution in [0.25, 0.3) is 0 Å². The number of hydrogen-bond donors (Lipinski definition) is 1. The Morgan fingerprint density at radius 3 is 2.58 bits per heavy atom. The fraction of sp³-hybridized carbons (Fsp3) is 0.308. The first-order valence-electron chi connectivity index (χ1n) is 11.2. The van der Waals surface area contributed by atoms with Crippen LogP contribution in [-0.2, 0) is 11.3 Å². The summed E-state index contributed by atoms with van der Waals surface area (Å²) in [6.07, 6.45) is 6.50. The predicted molar refractivity (Wildman–Crippen MR) is 129 cm³/mol. The van der Waals surface area contributed by atoms with Gasteiger partial charge in [-0.25, -0.2) is 4.98 Å². The number of aromatic nitrogens is 2. The number of nitrogens with one attached hydrogen (secondary N) is 1. The van der Waals surface area contributed by atoms with Crippen molar-refractivity contribution in [1.82, 2.24) is 20.2 Å². The zero-order valence-corrected chi connectivity index (χ0v) is 19.8. The molecule has 0 aliphatic carbocycles. The Kier molecular flexibility index (Phi) is 7.40. The van der Waals surface area contributed by atoms with Crippen LogP contribution in [0.2, 0.25) is 0 Å². The third kappa shape index (κ3) is 5.79. The lowest BCUT2D eigenvalue weighted by atomic mass is 9.95. The topological polar surface area (TPSA) is 75.2 Å². The third-order valence-electron chi connectivity index (χ3n) is 6.04. The van der Waals surface area contributed by atoms with E-state index in [0.717, 1.165) is 10.5 Å². The molecule has 1 aliphatic heterocycles. The van der Waals surface area contributed by atoms with Crippen molar-refractivity contribution >= 4 is 23.6 Å². The molecule has 0 atom stereocenters. The maximum absolute atomic E-state index is 13.3. The van der Waals surface area contributed by atoms with Gasteiger partial charge in [0.2, 0.25) is 5.91 Å². The first-order valence-corrected chi connectivity index (χ1v) is 12.0. The summed E-state index contributed by atoms with van der Waals surface area (Å²) in [5.74, 6) is -0.0639. The summed E-state index contributed by atoms with van der Waals surface area (Å²) in [5.41, 5.74) is 4.04. The van der Waals surface area contributed by atoms with Gasteiger partial charge in [-0.15, -0.1) is 0 Å². The monoisotopic (exact) mass is 460 g/mol. The Morgan fingerprint density at radius 2 is 1.85 bits per heavy atom. The highest BCUT2D eigenvalue weighted by Gasteiger charge is 2.29. The van der Waals surface area contributed by atoms with Gasteiger partial charge >= 0.3 is 0 Å². The number of carbonyl (C=O) groups excluding carboxylic acids is 2. The van der Waals surface area contributed by atoms with Crippen LogP contribution in [-0.4, -0.2) is 39.8 Å².